The van der Waals surface area contributed by atoms with Crippen molar-refractivity contribution >= 4 is 23.5 Å². The van der Waals surface area contributed by atoms with Crippen LogP contribution < -0.4 is 19.7 Å². The van der Waals surface area contributed by atoms with Crippen molar-refractivity contribution < 1.29 is 23.8 Å². The maximum absolute atomic E-state index is 12.6. The van der Waals surface area contributed by atoms with E-state index in [0.29, 0.717) is 35.9 Å². The van der Waals surface area contributed by atoms with Gasteiger partial charge in [-0.25, -0.2) is 9.78 Å². The van der Waals surface area contributed by atoms with E-state index in [4.69, 9.17) is 14.2 Å². The maximum Gasteiger partial charge on any atom is 0.337 e. The van der Waals surface area contributed by atoms with Gasteiger partial charge in [-0.3, -0.25) is 9.78 Å². The number of ether oxygens (including phenoxy) is 3. The molecule has 1 N–H and O–H groups in total. The van der Waals surface area contributed by atoms with E-state index < -0.39 is 5.97 Å². The van der Waals surface area contributed by atoms with Crippen LogP contribution in [0.15, 0.2) is 60.9 Å². The lowest BCUT2D eigenvalue weighted by atomic mass is 10.1. The molecule has 3 aromatic rings. The van der Waals surface area contributed by atoms with Crippen molar-refractivity contribution in [1.82, 2.24) is 9.97 Å². The molecule has 1 amide bonds. The van der Waals surface area contributed by atoms with Crippen molar-refractivity contribution in [2.24, 2.45) is 0 Å². The molecule has 9 heteroatoms. The number of carbonyl (C=O) groups excluding carboxylic acids is 2. The third-order valence-electron chi connectivity index (χ3n) is 5.75. The van der Waals surface area contributed by atoms with Crippen LogP contribution in [0, 0.1) is 0 Å². The molecule has 1 unspecified atom stereocenters. The average Bonchev–Trinajstić information content (AvgIpc) is 2.90. The topological polar surface area (TPSA) is 103 Å². The number of para-hydroxylation sites is 2. The van der Waals surface area contributed by atoms with Crippen LogP contribution in [0.3, 0.4) is 0 Å². The Morgan fingerprint density at radius 1 is 1.11 bits per heavy atom. The Morgan fingerprint density at radius 3 is 2.75 bits per heavy atom. The molecule has 0 bridgehead atoms. The molecule has 1 atom stereocenters. The number of anilines is 2. The summed E-state index contributed by atoms with van der Waals surface area (Å²) in [7, 11) is 1.32. The first-order valence-electron chi connectivity index (χ1n) is 12.0. The predicted octanol–water partition coefficient (Wildman–Crippen LogP) is 3.89. The Morgan fingerprint density at radius 2 is 1.94 bits per heavy atom. The van der Waals surface area contributed by atoms with Crippen LogP contribution >= 0.6 is 0 Å². The van der Waals surface area contributed by atoms with Gasteiger partial charge in [0.25, 0.3) is 0 Å². The van der Waals surface area contributed by atoms with Gasteiger partial charge in [0.1, 0.15) is 11.9 Å². The van der Waals surface area contributed by atoms with E-state index in [0.717, 1.165) is 30.9 Å². The Kier molecular flexibility index (Phi) is 8.33. The number of nitrogens with zero attached hydrogens (tertiary/aromatic N) is 3. The minimum Gasteiger partial charge on any atom is -0.490 e. The van der Waals surface area contributed by atoms with Gasteiger partial charge in [-0.05, 0) is 49.6 Å². The smallest absolute Gasteiger partial charge is 0.337 e. The largest absolute Gasteiger partial charge is 0.490 e. The average molecular weight is 491 g/mol. The number of hydrogen-bond donors (Lipinski definition) is 1. The van der Waals surface area contributed by atoms with Gasteiger partial charge < -0.3 is 24.4 Å². The second kappa shape index (κ2) is 12.0. The lowest BCUT2D eigenvalue weighted by Gasteiger charge is -2.33. The number of piperidine rings is 1. The summed E-state index contributed by atoms with van der Waals surface area (Å²) in [6.07, 6.45) is 5.13. The summed E-state index contributed by atoms with van der Waals surface area (Å²) in [4.78, 5) is 35.3. The van der Waals surface area contributed by atoms with E-state index in [1.165, 1.54) is 13.3 Å². The zero-order chi connectivity index (χ0) is 25.3. The highest BCUT2D eigenvalue weighted by Crippen LogP contribution is 2.30. The molecule has 188 valence electrons. The summed E-state index contributed by atoms with van der Waals surface area (Å²) in [5.41, 5.74) is 1.10. The normalized spacial score (nSPS) is 15.2. The second-order valence-corrected chi connectivity index (χ2v) is 8.39. The Labute approximate surface area is 210 Å². The number of hydrogen-bond acceptors (Lipinski definition) is 8. The van der Waals surface area contributed by atoms with Crippen molar-refractivity contribution in [1.29, 1.82) is 0 Å². The first kappa shape index (κ1) is 25.0. The molecule has 2 aromatic carbocycles. The molecule has 1 aromatic heterocycles. The highest BCUT2D eigenvalue weighted by molar-refractivity contribution is 5.93. The van der Waals surface area contributed by atoms with Crippen molar-refractivity contribution in [3.63, 3.8) is 0 Å². The summed E-state index contributed by atoms with van der Waals surface area (Å²) >= 11 is 0. The molecular formula is C27H30N4O5. The Balaban J connectivity index is 1.38. The van der Waals surface area contributed by atoms with Crippen molar-refractivity contribution in [3.8, 4) is 11.5 Å². The fraction of sp³-hybridized carbons (Fsp3) is 0.333. The number of amides is 1. The fourth-order valence-electron chi connectivity index (χ4n) is 4.11. The minimum absolute atomic E-state index is 0.0255. The number of aromatic nitrogens is 2. The van der Waals surface area contributed by atoms with Gasteiger partial charge in [0, 0.05) is 6.54 Å². The molecule has 1 aliphatic rings. The van der Waals surface area contributed by atoms with Crippen molar-refractivity contribution in [3.05, 3.63) is 72.1 Å². The molecule has 1 saturated heterocycles. The molecule has 4 rings (SSSR count). The van der Waals surface area contributed by atoms with Gasteiger partial charge in [0.15, 0.2) is 17.3 Å². The molecule has 0 aliphatic carbocycles. The van der Waals surface area contributed by atoms with Crippen LogP contribution in [0.5, 0.6) is 11.5 Å². The monoisotopic (exact) mass is 490 g/mol. The number of benzene rings is 2. The number of carbonyl (C=O) groups is 2. The summed E-state index contributed by atoms with van der Waals surface area (Å²) in [5, 5.41) is 2.80. The standard InChI is InChI=1S/C27H30N4O5/c1-3-35-22-11-4-5-12-23(22)36-21-10-7-13-31(18-21)25-17-28-16-24(29-25)30-26(32)15-19-8-6-9-20(14-19)27(33)34-2/h4-6,8-9,11-12,14,16-17,21H,3,7,10,13,15,18H2,1-2H3,(H,29,30,32). The molecular weight excluding hydrogens is 460 g/mol. The molecule has 0 spiro atoms. The predicted molar refractivity (Wildman–Crippen MR) is 136 cm³/mol. The van der Waals surface area contributed by atoms with Gasteiger partial charge in [0.05, 0.1) is 44.6 Å². The quantitative estimate of drug-likeness (QED) is 0.451. The highest BCUT2D eigenvalue weighted by atomic mass is 16.5. The zero-order valence-corrected chi connectivity index (χ0v) is 20.5. The summed E-state index contributed by atoms with van der Waals surface area (Å²) in [6, 6.07) is 14.5. The molecule has 1 fully saturated rings. The highest BCUT2D eigenvalue weighted by Gasteiger charge is 2.24. The number of methoxy groups -OCH3 is 1. The fourth-order valence-corrected chi connectivity index (χ4v) is 4.11. The lowest BCUT2D eigenvalue weighted by molar-refractivity contribution is -0.115. The second-order valence-electron chi connectivity index (χ2n) is 8.39. The van der Waals surface area contributed by atoms with Gasteiger partial charge >= 0.3 is 5.97 Å². The van der Waals surface area contributed by atoms with Crippen LogP contribution in [0.4, 0.5) is 11.6 Å². The van der Waals surface area contributed by atoms with E-state index in [2.05, 4.69) is 20.2 Å². The lowest BCUT2D eigenvalue weighted by Crippen LogP contribution is -2.41. The number of nitrogens with one attached hydrogen (secondary N) is 1. The third-order valence-corrected chi connectivity index (χ3v) is 5.75. The van der Waals surface area contributed by atoms with Gasteiger partial charge in [-0.1, -0.05) is 24.3 Å². The maximum atomic E-state index is 12.6. The van der Waals surface area contributed by atoms with E-state index in [1.54, 1.807) is 30.5 Å². The van der Waals surface area contributed by atoms with E-state index >= 15 is 0 Å². The van der Waals surface area contributed by atoms with Gasteiger partial charge in [0.2, 0.25) is 5.91 Å². The van der Waals surface area contributed by atoms with Crippen LogP contribution in [0.2, 0.25) is 0 Å². The van der Waals surface area contributed by atoms with Crippen LogP contribution in [0.1, 0.15) is 35.7 Å². The van der Waals surface area contributed by atoms with Crippen molar-refractivity contribution in [2.75, 3.05) is 37.0 Å². The zero-order valence-electron chi connectivity index (χ0n) is 20.5. The van der Waals surface area contributed by atoms with E-state index in [-0.39, 0.29) is 18.4 Å². The molecule has 36 heavy (non-hydrogen) atoms. The Bertz CT molecular complexity index is 1200. The number of rotatable bonds is 9. The molecule has 1 aliphatic heterocycles. The summed E-state index contributed by atoms with van der Waals surface area (Å²) in [6.45, 7) is 3.98. The van der Waals surface area contributed by atoms with Gasteiger partial charge in [-0.15, -0.1) is 0 Å². The SMILES string of the molecule is CCOc1ccccc1OC1CCCN(c2cncc(NC(=O)Cc3cccc(C(=O)OC)c3)n2)C1. The van der Waals surface area contributed by atoms with E-state index in [1.807, 2.05) is 31.2 Å². The molecule has 0 saturated carbocycles. The molecule has 9 nitrogen and oxygen atoms in total. The summed E-state index contributed by atoms with van der Waals surface area (Å²) in [5.74, 6) is 1.81. The van der Waals surface area contributed by atoms with Gasteiger partial charge in [-0.2, -0.15) is 0 Å². The molecule has 2 heterocycles. The minimum atomic E-state index is -0.444. The first-order chi connectivity index (χ1) is 17.6. The first-order valence-corrected chi connectivity index (χ1v) is 12.0. The van der Waals surface area contributed by atoms with Crippen LogP contribution in [-0.4, -0.2) is 54.8 Å². The van der Waals surface area contributed by atoms with Crippen LogP contribution in [-0.2, 0) is 16.0 Å². The summed E-state index contributed by atoms with van der Waals surface area (Å²) < 4.78 is 16.7. The number of esters is 1. The molecule has 0 radical (unpaired) electrons. The van der Waals surface area contributed by atoms with Crippen LogP contribution in [0.25, 0.3) is 0 Å². The third kappa shape index (κ3) is 6.50. The van der Waals surface area contributed by atoms with Crippen molar-refractivity contribution in [2.45, 2.75) is 32.3 Å². The Hall–Kier alpha value is -4.14. The van der Waals surface area contributed by atoms with E-state index in [9.17, 15) is 9.59 Å².